The van der Waals surface area contributed by atoms with Crippen LogP contribution in [0.1, 0.15) is 16.2 Å². The number of amides is 1. The second-order valence-corrected chi connectivity index (χ2v) is 5.36. The van der Waals surface area contributed by atoms with Gasteiger partial charge in [0.2, 0.25) is 11.8 Å². The van der Waals surface area contributed by atoms with Crippen LogP contribution in [-0.4, -0.2) is 10.9 Å². The number of rotatable bonds is 5. The molecule has 3 aromatic rings. The van der Waals surface area contributed by atoms with Crippen LogP contribution >= 0.6 is 11.6 Å². The third-order valence-corrected chi connectivity index (χ3v) is 3.55. The zero-order valence-corrected chi connectivity index (χ0v) is 12.9. The first-order valence-corrected chi connectivity index (χ1v) is 7.34. The molecular weight excluding hydrogens is 314 g/mol. The summed E-state index contributed by atoms with van der Waals surface area (Å²) in [4.78, 5) is 15.3. The number of hydrogen-bond acceptors (Lipinski definition) is 4. The van der Waals surface area contributed by atoms with E-state index in [1.54, 1.807) is 42.6 Å². The second kappa shape index (κ2) is 6.54. The summed E-state index contributed by atoms with van der Waals surface area (Å²) in [5.41, 5.74) is 7.44. The van der Waals surface area contributed by atoms with Crippen molar-refractivity contribution in [2.75, 3.05) is 5.32 Å². The van der Waals surface area contributed by atoms with Crippen molar-refractivity contribution >= 4 is 23.2 Å². The molecule has 0 radical (unpaired) electrons. The maximum absolute atomic E-state index is 11.0. The lowest BCUT2D eigenvalue weighted by Crippen LogP contribution is -2.10. The number of nitrogens with one attached hydrogen (secondary N) is 1. The maximum Gasteiger partial charge on any atom is 0.248 e. The highest BCUT2D eigenvalue weighted by Crippen LogP contribution is 2.22. The molecule has 6 heteroatoms. The molecule has 1 aromatic heterocycles. The molecule has 0 saturated heterocycles. The number of carbonyl (C=O) groups excluding carboxylic acids is 1. The Kier molecular flexibility index (Phi) is 4.30. The zero-order valence-electron chi connectivity index (χ0n) is 12.1. The summed E-state index contributed by atoms with van der Waals surface area (Å²) in [7, 11) is 0. The number of carbonyl (C=O) groups is 1. The normalized spacial score (nSPS) is 10.5. The number of halogens is 1. The number of hydrogen-bond donors (Lipinski definition) is 2. The summed E-state index contributed by atoms with van der Waals surface area (Å²) < 4.78 is 5.70. The van der Waals surface area contributed by atoms with E-state index >= 15 is 0 Å². The van der Waals surface area contributed by atoms with Crippen LogP contribution in [0.3, 0.4) is 0 Å². The lowest BCUT2D eigenvalue weighted by Gasteiger charge is -2.04. The summed E-state index contributed by atoms with van der Waals surface area (Å²) in [5.74, 6) is 0.799. The van der Waals surface area contributed by atoms with Crippen molar-refractivity contribution in [2.24, 2.45) is 5.73 Å². The van der Waals surface area contributed by atoms with Gasteiger partial charge in [0.15, 0.2) is 5.76 Å². The van der Waals surface area contributed by atoms with Gasteiger partial charge in [-0.15, -0.1) is 0 Å². The monoisotopic (exact) mass is 327 g/mol. The minimum Gasteiger partial charge on any atom is -0.439 e. The number of anilines is 1. The molecule has 5 nitrogen and oxygen atoms in total. The number of aromatic nitrogens is 1. The third kappa shape index (κ3) is 3.70. The maximum atomic E-state index is 11.0. The van der Waals surface area contributed by atoms with E-state index in [9.17, 15) is 4.79 Å². The molecule has 0 bridgehead atoms. The van der Waals surface area contributed by atoms with E-state index < -0.39 is 5.91 Å². The van der Waals surface area contributed by atoms with Crippen molar-refractivity contribution < 1.29 is 9.21 Å². The highest BCUT2D eigenvalue weighted by Gasteiger charge is 2.06. The van der Waals surface area contributed by atoms with Crippen LogP contribution in [0, 0.1) is 0 Å². The van der Waals surface area contributed by atoms with E-state index in [1.165, 1.54) is 0 Å². The van der Waals surface area contributed by atoms with Crippen LogP contribution in [0.25, 0.3) is 11.3 Å². The van der Waals surface area contributed by atoms with Crippen LogP contribution in [-0.2, 0) is 6.54 Å². The Morgan fingerprint density at radius 2 is 1.83 bits per heavy atom. The Hall–Kier alpha value is -2.79. The summed E-state index contributed by atoms with van der Waals surface area (Å²) in [6.45, 7) is 0.434. The molecule has 0 fully saturated rings. The summed E-state index contributed by atoms with van der Waals surface area (Å²) in [5, 5.41) is 3.85. The van der Waals surface area contributed by atoms with Gasteiger partial charge in [0, 0.05) is 21.8 Å². The Bertz CT molecular complexity index is 811. The number of benzene rings is 2. The van der Waals surface area contributed by atoms with Gasteiger partial charge in [-0.3, -0.25) is 4.79 Å². The molecule has 0 atom stereocenters. The minimum absolute atomic E-state index is 0.434. The van der Waals surface area contributed by atoms with Crippen LogP contribution < -0.4 is 11.1 Å². The molecule has 0 spiro atoms. The van der Waals surface area contributed by atoms with Gasteiger partial charge in [-0.25, -0.2) is 4.98 Å². The van der Waals surface area contributed by atoms with Crippen LogP contribution in [0.4, 0.5) is 5.69 Å². The number of primary amides is 1. The topological polar surface area (TPSA) is 81.2 Å². The smallest absolute Gasteiger partial charge is 0.248 e. The fourth-order valence-electron chi connectivity index (χ4n) is 2.07. The van der Waals surface area contributed by atoms with Gasteiger partial charge in [0.25, 0.3) is 0 Å². The molecule has 0 aliphatic carbocycles. The first-order chi connectivity index (χ1) is 11.1. The van der Waals surface area contributed by atoms with Gasteiger partial charge in [0.1, 0.15) is 0 Å². The van der Waals surface area contributed by atoms with E-state index in [-0.39, 0.29) is 0 Å². The molecular formula is C17H14ClN3O2. The SMILES string of the molecule is NC(=O)c1ccc(NCc2ncc(-c3ccc(Cl)cc3)o2)cc1. The Morgan fingerprint density at radius 3 is 2.48 bits per heavy atom. The van der Waals surface area contributed by atoms with Crippen molar-refractivity contribution in [3.8, 4) is 11.3 Å². The summed E-state index contributed by atoms with van der Waals surface area (Å²) in [6.07, 6.45) is 1.68. The van der Waals surface area contributed by atoms with Crippen molar-refractivity contribution in [1.29, 1.82) is 0 Å². The van der Waals surface area contributed by atoms with Gasteiger partial charge in [-0.05, 0) is 48.5 Å². The van der Waals surface area contributed by atoms with Gasteiger partial charge in [-0.2, -0.15) is 0 Å². The van der Waals surface area contributed by atoms with Crippen molar-refractivity contribution in [3.05, 3.63) is 71.2 Å². The molecule has 0 aliphatic heterocycles. The van der Waals surface area contributed by atoms with Crippen LogP contribution in [0.15, 0.2) is 59.1 Å². The predicted octanol–water partition coefficient (Wildman–Crippen LogP) is 3.71. The minimum atomic E-state index is -0.447. The van der Waals surface area contributed by atoms with Crippen LogP contribution in [0.5, 0.6) is 0 Å². The number of nitrogens with zero attached hydrogens (tertiary/aromatic N) is 1. The lowest BCUT2D eigenvalue weighted by molar-refractivity contribution is 0.100. The van der Waals surface area contributed by atoms with E-state index in [4.69, 9.17) is 21.8 Å². The molecule has 1 amide bonds. The molecule has 2 aromatic carbocycles. The number of oxazole rings is 1. The first-order valence-electron chi connectivity index (χ1n) is 6.96. The Balaban J connectivity index is 1.65. The molecule has 1 heterocycles. The average Bonchev–Trinajstić information content (AvgIpc) is 3.03. The van der Waals surface area contributed by atoms with Gasteiger partial charge in [0.05, 0.1) is 12.7 Å². The highest BCUT2D eigenvalue weighted by atomic mass is 35.5. The summed E-state index contributed by atoms with van der Waals surface area (Å²) >= 11 is 5.87. The van der Waals surface area contributed by atoms with Gasteiger partial charge in [-0.1, -0.05) is 11.6 Å². The standard InChI is InChI=1S/C17H14ClN3O2/c18-13-5-1-11(2-6-13)15-9-21-16(23-15)10-20-14-7-3-12(4-8-14)17(19)22/h1-9,20H,10H2,(H2,19,22). The van der Waals surface area contributed by atoms with Crippen LogP contribution in [0.2, 0.25) is 5.02 Å². The second-order valence-electron chi connectivity index (χ2n) is 4.92. The van der Waals surface area contributed by atoms with Crippen molar-refractivity contribution in [2.45, 2.75) is 6.54 Å². The summed E-state index contributed by atoms with van der Waals surface area (Å²) in [6, 6.07) is 14.3. The fourth-order valence-corrected chi connectivity index (χ4v) is 2.20. The molecule has 3 rings (SSSR count). The van der Waals surface area contributed by atoms with E-state index in [0.717, 1.165) is 11.3 Å². The van der Waals surface area contributed by atoms with E-state index in [1.807, 2.05) is 12.1 Å². The van der Waals surface area contributed by atoms with E-state index in [2.05, 4.69) is 10.3 Å². The molecule has 23 heavy (non-hydrogen) atoms. The Labute approximate surface area is 138 Å². The largest absolute Gasteiger partial charge is 0.439 e. The highest BCUT2D eigenvalue weighted by molar-refractivity contribution is 6.30. The van der Waals surface area contributed by atoms with Gasteiger partial charge < -0.3 is 15.5 Å². The average molecular weight is 328 g/mol. The number of nitrogens with two attached hydrogens (primary N) is 1. The lowest BCUT2D eigenvalue weighted by atomic mass is 10.2. The fraction of sp³-hybridized carbons (Fsp3) is 0.0588. The predicted molar refractivity (Wildman–Crippen MR) is 89.2 cm³/mol. The molecule has 116 valence electrons. The van der Waals surface area contributed by atoms with E-state index in [0.29, 0.717) is 28.8 Å². The van der Waals surface area contributed by atoms with Gasteiger partial charge >= 0.3 is 0 Å². The Morgan fingerprint density at radius 1 is 1.13 bits per heavy atom. The zero-order chi connectivity index (χ0) is 16.2. The molecule has 0 aliphatic rings. The van der Waals surface area contributed by atoms with Crippen molar-refractivity contribution in [1.82, 2.24) is 4.98 Å². The molecule has 0 unspecified atom stereocenters. The quantitative estimate of drug-likeness (QED) is 0.748. The molecule has 0 saturated carbocycles. The van der Waals surface area contributed by atoms with Crippen molar-refractivity contribution in [3.63, 3.8) is 0 Å². The molecule has 3 N–H and O–H groups in total. The first kappa shape index (κ1) is 15.1. The third-order valence-electron chi connectivity index (χ3n) is 3.30.